The van der Waals surface area contributed by atoms with Crippen LogP contribution in [0, 0.1) is 0 Å². The average Bonchev–Trinajstić information content (AvgIpc) is 3.09. The molecule has 2 aromatic rings. The van der Waals surface area contributed by atoms with Crippen molar-refractivity contribution in [3.05, 3.63) is 12.2 Å². The zero-order valence-corrected chi connectivity index (χ0v) is 15.2. The zero-order chi connectivity index (χ0) is 17.6. The van der Waals surface area contributed by atoms with Crippen LogP contribution in [-0.2, 0) is 11.3 Å². The first-order chi connectivity index (χ1) is 12.1. The van der Waals surface area contributed by atoms with Crippen molar-refractivity contribution in [2.75, 3.05) is 18.4 Å². The van der Waals surface area contributed by atoms with E-state index in [4.69, 9.17) is 4.98 Å². The highest BCUT2D eigenvalue weighted by atomic mass is 16.1. The number of aldehydes is 1. The number of rotatable bonds is 6. The number of imidazole rings is 1. The lowest BCUT2D eigenvalue weighted by Gasteiger charge is -2.22. The summed E-state index contributed by atoms with van der Waals surface area (Å²) in [6.07, 6.45) is 5.77. The van der Waals surface area contributed by atoms with Crippen LogP contribution < -0.4 is 5.32 Å². The lowest BCUT2D eigenvalue weighted by Crippen LogP contribution is -2.38. The Morgan fingerprint density at radius 1 is 1.40 bits per heavy atom. The number of likely N-dealkylation sites (tertiary alicyclic amines) is 1. The second kappa shape index (κ2) is 6.05. The number of aryl methyl sites for hydroxylation is 1. The Bertz CT molecular complexity index is 794. The summed E-state index contributed by atoms with van der Waals surface area (Å²) < 4.78 is 2.17. The van der Waals surface area contributed by atoms with Crippen molar-refractivity contribution in [2.45, 2.75) is 64.1 Å². The van der Waals surface area contributed by atoms with Crippen molar-refractivity contribution >= 4 is 23.3 Å². The zero-order valence-electron chi connectivity index (χ0n) is 15.2. The topological polar surface area (TPSA) is 75.9 Å². The SMILES string of the molecule is CCn1c(C(C)C)nc2c(NC3CCN(C4(C=O)CC4)C3)ncnc21. The van der Waals surface area contributed by atoms with Crippen molar-refractivity contribution < 1.29 is 4.79 Å². The number of fused-ring (bicyclic) bond motifs is 1. The molecule has 0 radical (unpaired) electrons. The van der Waals surface area contributed by atoms with Crippen LogP contribution in [0.1, 0.15) is 51.8 Å². The molecule has 1 atom stereocenters. The minimum Gasteiger partial charge on any atom is -0.364 e. The second-order valence-electron chi connectivity index (χ2n) is 7.56. The van der Waals surface area contributed by atoms with Gasteiger partial charge in [0.1, 0.15) is 18.4 Å². The molecule has 1 aliphatic heterocycles. The third kappa shape index (κ3) is 2.70. The molecule has 0 spiro atoms. The van der Waals surface area contributed by atoms with Crippen molar-refractivity contribution in [3.8, 4) is 0 Å². The summed E-state index contributed by atoms with van der Waals surface area (Å²) >= 11 is 0. The van der Waals surface area contributed by atoms with Crippen molar-refractivity contribution in [1.29, 1.82) is 0 Å². The molecule has 1 N–H and O–H groups in total. The van der Waals surface area contributed by atoms with E-state index >= 15 is 0 Å². The molecule has 1 saturated carbocycles. The standard InChI is InChI=1S/C18H26N6O/c1-4-24-16(12(2)3)22-14-15(19-11-20-17(14)24)21-13-5-8-23(9-13)18(10-25)6-7-18/h10-13H,4-9H2,1-3H3,(H,19,20,21). The largest absolute Gasteiger partial charge is 0.364 e. The monoisotopic (exact) mass is 342 g/mol. The molecule has 7 heteroatoms. The van der Waals surface area contributed by atoms with E-state index in [1.165, 1.54) is 0 Å². The Morgan fingerprint density at radius 2 is 2.20 bits per heavy atom. The van der Waals surface area contributed by atoms with E-state index in [0.717, 1.165) is 68.0 Å². The van der Waals surface area contributed by atoms with Crippen LogP contribution in [-0.4, -0.2) is 55.4 Å². The van der Waals surface area contributed by atoms with Gasteiger partial charge in [-0.1, -0.05) is 13.8 Å². The van der Waals surface area contributed by atoms with Crippen LogP contribution in [0.4, 0.5) is 5.82 Å². The third-order valence-electron chi connectivity index (χ3n) is 5.53. The number of nitrogens with one attached hydrogen (secondary N) is 1. The van der Waals surface area contributed by atoms with Crippen LogP contribution in [0.5, 0.6) is 0 Å². The number of aromatic nitrogens is 4. The molecule has 0 bridgehead atoms. The van der Waals surface area contributed by atoms with Gasteiger partial charge in [0.15, 0.2) is 17.0 Å². The molecular formula is C18H26N6O. The summed E-state index contributed by atoms with van der Waals surface area (Å²) in [5.74, 6) is 2.19. The third-order valence-corrected chi connectivity index (χ3v) is 5.53. The number of anilines is 1. The predicted molar refractivity (Wildman–Crippen MR) is 96.7 cm³/mol. The smallest absolute Gasteiger partial charge is 0.165 e. The van der Waals surface area contributed by atoms with Crippen molar-refractivity contribution in [1.82, 2.24) is 24.4 Å². The Hall–Kier alpha value is -2.02. The summed E-state index contributed by atoms with van der Waals surface area (Å²) in [6.45, 7) is 9.11. The van der Waals surface area contributed by atoms with E-state index in [2.05, 4.69) is 45.5 Å². The van der Waals surface area contributed by atoms with Gasteiger partial charge in [0, 0.05) is 31.6 Å². The number of carbonyl (C=O) groups excluding carboxylic acids is 1. The first-order valence-corrected chi connectivity index (χ1v) is 9.27. The van der Waals surface area contributed by atoms with Crippen LogP contribution >= 0.6 is 0 Å². The minimum atomic E-state index is -0.175. The van der Waals surface area contributed by atoms with Crippen LogP contribution in [0.3, 0.4) is 0 Å². The summed E-state index contributed by atoms with van der Waals surface area (Å²) in [7, 11) is 0. The predicted octanol–water partition coefficient (Wildman–Crippen LogP) is 2.19. The fourth-order valence-electron chi connectivity index (χ4n) is 3.92. The van der Waals surface area contributed by atoms with Gasteiger partial charge in [0.2, 0.25) is 0 Å². The molecule has 4 rings (SSSR count). The highest BCUT2D eigenvalue weighted by Gasteiger charge is 2.50. The molecular weight excluding hydrogens is 316 g/mol. The van der Waals surface area contributed by atoms with Gasteiger partial charge in [0.05, 0.1) is 5.54 Å². The maximum Gasteiger partial charge on any atom is 0.165 e. The van der Waals surface area contributed by atoms with Gasteiger partial charge in [-0.25, -0.2) is 15.0 Å². The first-order valence-electron chi connectivity index (χ1n) is 9.27. The van der Waals surface area contributed by atoms with Gasteiger partial charge in [-0.3, -0.25) is 4.90 Å². The average molecular weight is 342 g/mol. The molecule has 2 fully saturated rings. The van der Waals surface area contributed by atoms with Gasteiger partial charge < -0.3 is 14.7 Å². The van der Waals surface area contributed by atoms with Gasteiger partial charge in [-0.2, -0.15) is 0 Å². The van der Waals surface area contributed by atoms with E-state index in [9.17, 15) is 4.79 Å². The number of hydrogen-bond acceptors (Lipinski definition) is 6. The number of carbonyl (C=O) groups is 1. The molecule has 1 unspecified atom stereocenters. The fourth-order valence-corrected chi connectivity index (χ4v) is 3.92. The molecule has 7 nitrogen and oxygen atoms in total. The second-order valence-corrected chi connectivity index (χ2v) is 7.56. The van der Waals surface area contributed by atoms with Gasteiger partial charge in [0.25, 0.3) is 0 Å². The summed E-state index contributed by atoms with van der Waals surface area (Å²) in [4.78, 5) is 27.4. The van der Waals surface area contributed by atoms with Gasteiger partial charge in [-0.15, -0.1) is 0 Å². The van der Waals surface area contributed by atoms with Gasteiger partial charge in [-0.05, 0) is 26.2 Å². The fraction of sp³-hybridized carbons (Fsp3) is 0.667. The van der Waals surface area contributed by atoms with E-state index in [1.54, 1.807) is 6.33 Å². The Morgan fingerprint density at radius 3 is 2.84 bits per heavy atom. The Kier molecular flexibility index (Phi) is 3.98. The van der Waals surface area contributed by atoms with Crippen LogP contribution in [0.25, 0.3) is 11.2 Å². The summed E-state index contributed by atoms with van der Waals surface area (Å²) in [5.41, 5.74) is 1.57. The molecule has 3 heterocycles. The Balaban J connectivity index is 1.59. The van der Waals surface area contributed by atoms with Gasteiger partial charge >= 0.3 is 0 Å². The highest BCUT2D eigenvalue weighted by Crippen LogP contribution is 2.41. The van der Waals surface area contributed by atoms with E-state index < -0.39 is 0 Å². The van der Waals surface area contributed by atoms with E-state index in [-0.39, 0.29) is 5.54 Å². The number of nitrogens with zero attached hydrogens (tertiary/aromatic N) is 5. The minimum absolute atomic E-state index is 0.175. The van der Waals surface area contributed by atoms with E-state index in [0.29, 0.717) is 12.0 Å². The quantitative estimate of drug-likeness (QED) is 0.811. The van der Waals surface area contributed by atoms with Crippen molar-refractivity contribution in [3.63, 3.8) is 0 Å². The van der Waals surface area contributed by atoms with Crippen LogP contribution in [0.15, 0.2) is 6.33 Å². The highest BCUT2D eigenvalue weighted by molar-refractivity contribution is 5.83. The molecule has 0 amide bonds. The first kappa shape index (κ1) is 16.4. The molecule has 2 aliphatic rings. The molecule has 1 aliphatic carbocycles. The lowest BCUT2D eigenvalue weighted by atomic mass is 10.2. The van der Waals surface area contributed by atoms with Crippen molar-refractivity contribution in [2.24, 2.45) is 0 Å². The lowest BCUT2D eigenvalue weighted by molar-refractivity contribution is -0.113. The molecule has 0 aromatic carbocycles. The van der Waals surface area contributed by atoms with E-state index in [1.807, 2.05) is 0 Å². The molecule has 2 aromatic heterocycles. The summed E-state index contributed by atoms with van der Waals surface area (Å²) in [6, 6.07) is 0.296. The maximum atomic E-state index is 11.4. The normalized spacial score (nSPS) is 22.6. The maximum absolute atomic E-state index is 11.4. The number of hydrogen-bond donors (Lipinski definition) is 1. The molecule has 1 saturated heterocycles. The Labute approximate surface area is 147 Å². The molecule has 25 heavy (non-hydrogen) atoms. The van der Waals surface area contributed by atoms with Crippen LogP contribution in [0.2, 0.25) is 0 Å². The molecule has 134 valence electrons. The summed E-state index contributed by atoms with van der Waals surface area (Å²) in [5, 5.41) is 3.56.